The molecule has 1 aromatic rings. The third kappa shape index (κ3) is 6.26. The molecule has 0 radical (unpaired) electrons. The number of rotatable bonds is 8. The lowest BCUT2D eigenvalue weighted by molar-refractivity contribution is -0.121. The second kappa shape index (κ2) is 8.98. The van der Waals surface area contributed by atoms with Crippen LogP contribution in [-0.4, -0.2) is 39.5 Å². The molecule has 1 atom stereocenters. The lowest BCUT2D eigenvalue weighted by Crippen LogP contribution is -2.37. The average molecular weight is 388 g/mol. The summed E-state index contributed by atoms with van der Waals surface area (Å²) in [5.41, 5.74) is 0.967. The molecule has 140 valence electrons. The Bertz CT molecular complexity index is 669. The van der Waals surface area contributed by atoms with Crippen molar-refractivity contribution in [1.29, 1.82) is 0 Å². The molecule has 1 saturated heterocycles. The Morgan fingerprint density at radius 2 is 1.88 bits per heavy atom. The van der Waals surface area contributed by atoms with Crippen LogP contribution in [-0.2, 0) is 21.2 Å². The quantitative estimate of drug-likeness (QED) is 0.628. The van der Waals surface area contributed by atoms with Crippen LogP contribution in [0.5, 0.6) is 0 Å². The summed E-state index contributed by atoms with van der Waals surface area (Å²) in [4.78, 5) is 12.2. The molecule has 8 heteroatoms. The summed E-state index contributed by atoms with van der Waals surface area (Å²) in [5.74, 6) is 0.0378. The van der Waals surface area contributed by atoms with Gasteiger partial charge in [0.05, 0.1) is 4.90 Å². The van der Waals surface area contributed by atoms with E-state index in [4.69, 9.17) is 0 Å². The Morgan fingerprint density at radius 3 is 2.48 bits per heavy atom. The fourth-order valence-corrected chi connectivity index (χ4v) is 4.14. The van der Waals surface area contributed by atoms with Crippen LogP contribution in [0.15, 0.2) is 29.2 Å². The number of hydrogen-bond acceptors (Lipinski definition) is 4. The second-order valence-electron chi connectivity index (χ2n) is 6.64. The molecule has 0 spiro atoms. The summed E-state index contributed by atoms with van der Waals surface area (Å²) in [6, 6.07) is 7.30. The fraction of sp³-hybridized carbons (Fsp3) is 0.588. The lowest BCUT2D eigenvalue weighted by Gasteiger charge is -2.11. The minimum absolute atomic E-state index is 0. The molecule has 3 rings (SSSR count). The van der Waals surface area contributed by atoms with E-state index in [-0.39, 0.29) is 29.3 Å². The summed E-state index contributed by atoms with van der Waals surface area (Å²) in [6.07, 6.45) is 5.15. The molecule has 0 aromatic heterocycles. The van der Waals surface area contributed by atoms with Crippen molar-refractivity contribution >= 4 is 28.3 Å². The van der Waals surface area contributed by atoms with Gasteiger partial charge in [-0.15, -0.1) is 12.4 Å². The van der Waals surface area contributed by atoms with E-state index < -0.39 is 10.0 Å². The van der Waals surface area contributed by atoms with Crippen molar-refractivity contribution in [1.82, 2.24) is 15.4 Å². The first-order valence-corrected chi connectivity index (χ1v) is 10.1. The van der Waals surface area contributed by atoms with Crippen molar-refractivity contribution in [3.8, 4) is 0 Å². The molecular weight excluding hydrogens is 362 g/mol. The molecule has 1 saturated carbocycles. The van der Waals surface area contributed by atoms with E-state index in [1.165, 1.54) is 6.42 Å². The molecule has 2 aliphatic rings. The summed E-state index contributed by atoms with van der Waals surface area (Å²) in [7, 11) is -3.40. The van der Waals surface area contributed by atoms with Gasteiger partial charge in [-0.05, 0) is 56.3 Å². The van der Waals surface area contributed by atoms with Gasteiger partial charge in [0.15, 0.2) is 0 Å². The number of benzene rings is 1. The molecule has 6 nitrogen and oxygen atoms in total. The van der Waals surface area contributed by atoms with Crippen LogP contribution in [0.3, 0.4) is 0 Å². The maximum absolute atomic E-state index is 12.1. The maximum atomic E-state index is 12.1. The van der Waals surface area contributed by atoms with E-state index in [2.05, 4.69) is 15.4 Å². The van der Waals surface area contributed by atoms with Crippen molar-refractivity contribution < 1.29 is 13.2 Å². The van der Waals surface area contributed by atoms with Crippen LogP contribution in [0.2, 0.25) is 0 Å². The maximum Gasteiger partial charge on any atom is 0.240 e. The number of hydrogen-bond donors (Lipinski definition) is 3. The van der Waals surface area contributed by atoms with Gasteiger partial charge in [-0.1, -0.05) is 12.1 Å². The van der Waals surface area contributed by atoms with Gasteiger partial charge in [0.2, 0.25) is 15.9 Å². The van der Waals surface area contributed by atoms with Gasteiger partial charge < -0.3 is 10.6 Å². The van der Waals surface area contributed by atoms with Gasteiger partial charge in [0, 0.05) is 25.0 Å². The van der Waals surface area contributed by atoms with E-state index >= 15 is 0 Å². The number of aryl methyl sites for hydroxylation is 1. The largest absolute Gasteiger partial charge is 0.355 e. The van der Waals surface area contributed by atoms with Crippen LogP contribution in [0.1, 0.15) is 37.7 Å². The van der Waals surface area contributed by atoms with E-state index in [1.54, 1.807) is 24.3 Å². The highest BCUT2D eigenvalue weighted by Gasteiger charge is 2.27. The standard InChI is InChI=1S/C17H25N3O3S.ClH/c21-17(19-12-15-2-1-11-18-15)10-5-13-3-8-16(9-4-13)24(22,23)20-14-6-7-14;/h3-4,8-9,14-15,18,20H,1-2,5-7,10-12H2,(H,19,21);1H. The van der Waals surface area contributed by atoms with Gasteiger partial charge in [0.25, 0.3) is 0 Å². The number of carbonyl (C=O) groups excluding carboxylic acids is 1. The highest BCUT2D eigenvalue weighted by molar-refractivity contribution is 7.89. The molecule has 2 fully saturated rings. The lowest BCUT2D eigenvalue weighted by atomic mass is 10.1. The van der Waals surface area contributed by atoms with Crippen LogP contribution < -0.4 is 15.4 Å². The third-order valence-electron chi connectivity index (χ3n) is 4.48. The van der Waals surface area contributed by atoms with Crippen molar-refractivity contribution in [3.63, 3.8) is 0 Å². The SMILES string of the molecule is Cl.O=C(CCc1ccc(S(=O)(=O)NC2CC2)cc1)NCC1CCCN1. The first-order chi connectivity index (χ1) is 11.5. The van der Waals surface area contributed by atoms with Crippen molar-refractivity contribution in [2.45, 2.75) is 55.5 Å². The molecular formula is C17H26ClN3O3S. The van der Waals surface area contributed by atoms with E-state index in [1.807, 2.05) is 0 Å². The van der Waals surface area contributed by atoms with Gasteiger partial charge in [-0.2, -0.15) is 0 Å². The van der Waals surface area contributed by atoms with Crippen LogP contribution >= 0.6 is 12.4 Å². The molecule has 0 bridgehead atoms. The van der Waals surface area contributed by atoms with Gasteiger partial charge in [-0.3, -0.25) is 4.79 Å². The normalized spacial score (nSPS) is 20.1. The van der Waals surface area contributed by atoms with Crippen molar-refractivity contribution in [2.75, 3.05) is 13.1 Å². The molecule has 25 heavy (non-hydrogen) atoms. The van der Waals surface area contributed by atoms with Crippen LogP contribution in [0, 0.1) is 0 Å². The third-order valence-corrected chi connectivity index (χ3v) is 6.02. The highest BCUT2D eigenvalue weighted by atomic mass is 35.5. The predicted molar refractivity (Wildman–Crippen MR) is 99.4 cm³/mol. The Hall–Kier alpha value is -1.15. The highest BCUT2D eigenvalue weighted by Crippen LogP contribution is 2.22. The first kappa shape index (κ1) is 20.2. The summed E-state index contributed by atoms with van der Waals surface area (Å²) in [6.45, 7) is 1.72. The number of carbonyl (C=O) groups is 1. The van der Waals surface area contributed by atoms with Gasteiger partial charge >= 0.3 is 0 Å². The summed E-state index contributed by atoms with van der Waals surface area (Å²) >= 11 is 0. The van der Waals surface area contributed by atoms with Crippen LogP contribution in [0.4, 0.5) is 0 Å². The number of sulfonamides is 1. The van der Waals surface area contributed by atoms with E-state index in [0.29, 0.717) is 25.4 Å². The molecule has 1 unspecified atom stereocenters. The zero-order valence-electron chi connectivity index (χ0n) is 14.2. The minimum Gasteiger partial charge on any atom is -0.355 e. The minimum atomic E-state index is -3.40. The van der Waals surface area contributed by atoms with Crippen molar-refractivity contribution in [3.05, 3.63) is 29.8 Å². The second-order valence-corrected chi connectivity index (χ2v) is 8.35. The zero-order chi connectivity index (χ0) is 17.0. The topological polar surface area (TPSA) is 87.3 Å². The Morgan fingerprint density at radius 1 is 1.16 bits per heavy atom. The smallest absolute Gasteiger partial charge is 0.240 e. The molecule has 3 N–H and O–H groups in total. The monoisotopic (exact) mass is 387 g/mol. The Labute approximate surface area is 155 Å². The molecule has 1 amide bonds. The van der Waals surface area contributed by atoms with Crippen LogP contribution in [0.25, 0.3) is 0 Å². The molecule has 1 aromatic carbocycles. The number of halogens is 1. The molecule has 1 heterocycles. The Balaban J connectivity index is 0.00000225. The summed E-state index contributed by atoms with van der Waals surface area (Å²) < 4.78 is 26.8. The van der Waals surface area contributed by atoms with E-state index in [0.717, 1.165) is 31.4 Å². The van der Waals surface area contributed by atoms with Gasteiger partial charge in [-0.25, -0.2) is 13.1 Å². The fourth-order valence-electron chi connectivity index (χ4n) is 2.84. The predicted octanol–water partition coefficient (Wildman–Crippen LogP) is 1.35. The molecule has 1 aliphatic heterocycles. The Kier molecular flexibility index (Phi) is 7.25. The van der Waals surface area contributed by atoms with E-state index in [9.17, 15) is 13.2 Å². The van der Waals surface area contributed by atoms with Gasteiger partial charge in [0.1, 0.15) is 0 Å². The zero-order valence-corrected chi connectivity index (χ0v) is 15.8. The number of nitrogens with one attached hydrogen (secondary N) is 3. The first-order valence-electron chi connectivity index (χ1n) is 8.64. The number of amides is 1. The van der Waals surface area contributed by atoms with Crippen molar-refractivity contribution in [2.24, 2.45) is 0 Å². The average Bonchev–Trinajstić information content (AvgIpc) is 3.21. The molecule has 1 aliphatic carbocycles. The summed E-state index contributed by atoms with van der Waals surface area (Å²) in [5, 5.41) is 6.30.